The van der Waals surface area contributed by atoms with Crippen molar-refractivity contribution in [2.24, 2.45) is 5.92 Å². The van der Waals surface area contributed by atoms with E-state index < -0.39 is 0 Å². The fourth-order valence-corrected chi connectivity index (χ4v) is 1.88. The average Bonchev–Trinajstić information content (AvgIpc) is 2.97. The van der Waals surface area contributed by atoms with Crippen molar-refractivity contribution in [2.45, 2.75) is 6.42 Å². The third kappa shape index (κ3) is 2.44. The van der Waals surface area contributed by atoms with Crippen LogP contribution in [-0.4, -0.2) is 24.8 Å². The van der Waals surface area contributed by atoms with Crippen molar-refractivity contribution in [3.05, 3.63) is 24.0 Å². The molecule has 96 valence electrons. The topological polar surface area (TPSA) is 56.5 Å². The monoisotopic (exact) mass is 252 g/mol. The lowest BCUT2D eigenvalue weighted by molar-refractivity contribution is 0.122. The quantitative estimate of drug-likeness (QED) is 0.846. The highest BCUT2D eigenvalue weighted by atomic mass is 19.1. The van der Waals surface area contributed by atoms with Crippen LogP contribution in [0.1, 0.15) is 6.42 Å². The van der Waals surface area contributed by atoms with Crippen LogP contribution >= 0.6 is 0 Å². The normalized spacial score (nSPS) is 19.5. The van der Waals surface area contributed by atoms with Crippen molar-refractivity contribution in [3.8, 4) is 0 Å². The first-order valence-electron chi connectivity index (χ1n) is 5.83. The molecular weight excluding hydrogens is 239 g/mol. The summed E-state index contributed by atoms with van der Waals surface area (Å²) in [5.74, 6) is 0.0608. The van der Waals surface area contributed by atoms with Gasteiger partial charge in [0.2, 0.25) is 0 Å². The summed E-state index contributed by atoms with van der Waals surface area (Å²) >= 11 is 0. The molecule has 1 saturated heterocycles. The van der Waals surface area contributed by atoms with Crippen LogP contribution in [0.2, 0.25) is 0 Å². The van der Waals surface area contributed by atoms with E-state index in [9.17, 15) is 4.39 Å². The van der Waals surface area contributed by atoms with E-state index >= 15 is 0 Å². The van der Waals surface area contributed by atoms with Crippen LogP contribution in [0.4, 0.5) is 10.4 Å². The van der Waals surface area contributed by atoms with Crippen LogP contribution in [-0.2, 0) is 9.57 Å². The first-order chi connectivity index (χ1) is 8.81. The van der Waals surface area contributed by atoms with E-state index in [1.54, 1.807) is 0 Å². The van der Waals surface area contributed by atoms with Gasteiger partial charge in [-0.1, -0.05) is 0 Å². The molecule has 1 aliphatic rings. The van der Waals surface area contributed by atoms with Gasteiger partial charge in [0.05, 0.1) is 13.2 Å². The molecule has 3 rings (SSSR count). The Morgan fingerprint density at radius 2 is 2.44 bits per heavy atom. The Morgan fingerprint density at radius 3 is 3.28 bits per heavy atom. The van der Waals surface area contributed by atoms with Crippen molar-refractivity contribution >= 4 is 17.1 Å². The van der Waals surface area contributed by atoms with Crippen LogP contribution in [0.3, 0.4) is 0 Å². The summed E-state index contributed by atoms with van der Waals surface area (Å²) in [4.78, 5) is 9.35. The van der Waals surface area contributed by atoms with Crippen molar-refractivity contribution in [1.82, 2.24) is 4.98 Å². The van der Waals surface area contributed by atoms with Gasteiger partial charge in [0.15, 0.2) is 5.58 Å². The zero-order valence-corrected chi connectivity index (χ0v) is 9.69. The van der Waals surface area contributed by atoms with Gasteiger partial charge in [-0.3, -0.25) is 4.84 Å². The minimum atomic E-state index is -0.341. The van der Waals surface area contributed by atoms with Gasteiger partial charge in [0.1, 0.15) is 11.3 Å². The van der Waals surface area contributed by atoms with E-state index in [4.69, 9.17) is 14.0 Å². The van der Waals surface area contributed by atoms with Crippen LogP contribution in [0, 0.1) is 11.7 Å². The molecule has 0 spiro atoms. The molecule has 5 nitrogen and oxygen atoms in total. The van der Waals surface area contributed by atoms with Gasteiger partial charge in [-0.25, -0.2) is 9.87 Å². The first kappa shape index (κ1) is 11.4. The maximum absolute atomic E-state index is 13.0. The summed E-state index contributed by atoms with van der Waals surface area (Å²) in [6.07, 6.45) is 1.00. The lowest BCUT2D eigenvalue weighted by Gasteiger charge is -2.06. The molecule has 0 amide bonds. The molecule has 0 saturated carbocycles. The summed E-state index contributed by atoms with van der Waals surface area (Å²) in [5, 5.41) is 0. The van der Waals surface area contributed by atoms with Crippen LogP contribution < -0.4 is 5.48 Å². The zero-order chi connectivity index (χ0) is 12.4. The Balaban J connectivity index is 1.60. The summed E-state index contributed by atoms with van der Waals surface area (Å²) in [6.45, 7) is 2.05. The van der Waals surface area contributed by atoms with Crippen molar-refractivity contribution in [1.29, 1.82) is 0 Å². The zero-order valence-electron chi connectivity index (χ0n) is 9.69. The number of rotatable bonds is 4. The van der Waals surface area contributed by atoms with E-state index in [0.29, 0.717) is 23.6 Å². The van der Waals surface area contributed by atoms with E-state index in [1.807, 2.05) is 0 Å². The molecule has 1 unspecified atom stereocenters. The fourth-order valence-electron chi connectivity index (χ4n) is 1.88. The maximum atomic E-state index is 13.0. The van der Waals surface area contributed by atoms with Gasteiger partial charge in [0, 0.05) is 18.6 Å². The summed E-state index contributed by atoms with van der Waals surface area (Å²) in [6, 6.07) is 4.41. The lowest BCUT2D eigenvalue weighted by atomic mass is 10.1. The Kier molecular flexibility index (Phi) is 3.12. The second-order valence-corrected chi connectivity index (χ2v) is 4.27. The van der Waals surface area contributed by atoms with Crippen molar-refractivity contribution in [2.75, 3.05) is 25.3 Å². The van der Waals surface area contributed by atoms with Crippen LogP contribution in [0.15, 0.2) is 22.6 Å². The van der Waals surface area contributed by atoms with Crippen molar-refractivity contribution < 1.29 is 18.4 Å². The maximum Gasteiger partial charge on any atom is 0.320 e. The second-order valence-electron chi connectivity index (χ2n) is 4.27. The molecule has 2 heterocycles. The van der Waals surface area contributed by atoms with Crippen LogP contribution in [0.5, 0.6) is 0 Å². The number of nitrogens with one attached hydrogen (secondary N) is 1. The van der Waals surface area contributed by atoms with Gasteiger partial charge >= 0.3 is 6.01 Å². The summed E-state index contributed by atoms with van der Waals surface area (Å²) in [7, 11) is 0. The molecule has 6 heteroatoms. The fraction of sp³-hybridized carbons (Fsp3) is 0.417. The minimum Gasteiger partial charge on any atom is -0.422 e. The number of nitrogens with zero attached hydrogens (tertiary/aromatic N) is 1. The van der Waals surface area contributed by atoms with E-state index in [2.05, 4.69) is 10.5 Å². The molecule has 0 radical (unpaired) electrons. The number of hydrogen-bond donors (Lipinski definition) is 1. The SMILES string of the molecule is Fc1ccc2oc(NOCC3CCOC3)nc2c1. The number of halogens is 1. The average molecular weight is 252 g/mol. The third-order valence-corrected chi connectivity index (χ3v) is 2.85. The highest BCUT2D eigenvalue weighted by molar-refractivity contribution is 5.74. The van der Waals surface area contributed by atoms with Gasteiger partial charge in [-0.15, -0.1) is 0 Å². The first-order valence-corrected chi connectivity index (χ1v) is 5.83. The van der Waals surface area contributed by atoms with E-state index in [-0.39, 0.29) is 11.8 Å². The number of hydrogen-bond acceptors (Lipinski definition) is 5. The molecule has 1 fully saturated rings. The molecule has 1 atom stereocenters. The number of ether oxygens (including phenoxy) is 1. The number of fused-ring (bicyclic) bond motifs is 1. The van der Waals surface area contributed by atoms with Gasteiger partial charge in [0.25, 0.3) is 0 Å². The molecular formula is C12H13FN2O3. The molecule has 1 aromatic heterocycles. The number of benzene rings is 1. The molecule has 0 aliphatic carbocycles. The highest BCUT2D eigenvalue weighted by Gasteiger charge is 2.16. The molecule has 0 bridgehead atoms. The van der Waals surface area contributed by atoms with E-state index in [0.717, 1.165) is 19.6 Å². The van der Waals surface area contributed by atoms with Crippen LogP contribution in [0.25, 0.3) is 11.1 Å². The Morgan fingerprint density at radius 1 is 1.50 bits per heavy atom. The lowest BCUT2D eigenvalue weighted by Crippen LogP contribution is -2.12. The Bertz CT molecular complexity index is 537. The largest absolute Gasteiger partial charge is 0.422 e. The van der Waals surface area contributed by atoms with Gasteiger partial charge in [-0.2, -0.15) is 4.98 Å². The second kappa shape index (κ2) is 4.91. The Labute approximate surface area is 103 Å². The predicted octanol–water partition coefficient (Wildman–Crippen LogP) is 2.35. The predicted molar refractivity (Wildman–Crippen MR) is 62.5 cm³/mol. The summed E-state index contributed by atoms with van der Waals surface area (Å²) < 4.78 is 23.5. The minimum absolute atomic E-state index is 0.231. The van der Waals surface area contributed by atoms with Gasteiger partial charge in [-0.05, 0) is 18.6 Å². The third-order valence-electron chi connectivity index (χ3n) is 2.85. The highest BCUT2D eigenvalue weighted by Crippen LogP contribution is 2.20. The molecule has 2 aromatic rings. The van der Waals surface area contributed by atoms with Crippen molar-refractivity contribution in [3.63, 3.8) is 0 Å². The number of anilines is 1. The van der Waals surface area contributed by atoms with Gasteiger partial charge < -0.3 is 9.15 Å². The standard InChI is InChI=1S/C12H13FN2O3/c13-9-1-2-11-10(5-9)14-12(18-11)15-17-7-8-3-4-16-6-8/h1-2,5,8H,3-4,6-7H2,(H,14,15). The number of oxazole rings is 1. The summed E-state index contributed by atoms with van der Waals surface area (Å²) in [5.41, 5.74) is 3.61. The molecule has 1 aromatic carbocycles. The molecule has 1 aliphatic heterocycles. The Hall–Kier alpha value is -1.66. The molecule has 1 N–H and O–H groups in total. The van der Waals surface area contributed by atoms with E-state index in [1.165, 1.54) is 18.2 Å². The number of aromatic nitrogens is 1. The molecule has 18 heavy (non-hydrogen) atoms. The smallest absolute Gasteiger partial charge is 0.320 e.